The number of allylic oxidation sites excluding steroid dienone is 1. The number of fused-ring (bicyclic) bond motifs is 2. The number of benzene rings is 2. The number of carbonyl (C=O) groups is 2. The molecule has 3 aromatic rings. The molecule has 1 fully saturated rings. The molecule has 3 heterocycles. The maximum absolute atomic E-state index is 12.6. The zero-order chi connectivity index (χ0) is 24.7. The number of aromatic nitrogens is 2. The van der Waals surface area contributed by atoms with Crippen molar-refractivity contribution >= 4 is 57.7 Å². The minimum absolute atomic E-state index is 0.0199. The van der Waals surface area contributed by atoms with Crippen molar-refractivity contribution < 1.29 is 19.4 Å². The number of hydrogen-bond acceptors (Lipinski definition) is 6. The monoisotopic (exact) mass is 529 g/mol. The van der Waals surface area contributed by atoms with Gasteiger partial charge in [0.15, 0.2) is 0 Å². The summed E-state index contributed by atoms with van der Waals surface area (Å²) in [5.41, 5.74) is 1.19. The smallest absolute Gasteiger partial charge is 0.352 e. The van der Waals surface area contributed by atoms with Crippen LogP contribution in [-0.4, -0.2) is 49.6 Å². The van der Waals surface area contributed by atoms with E-state index in [1.165, 1.54) is 16.7 Å². The Kier molecular flexibility index (Phi) is 6.31. The van der Waals surface area contributed by atoms with Crippen LogP contribution in [0.4, 0.5) is 0 Å². The molecule has 1 atom stereocenters. The first-order valence-corrected chi connectivity index (χ1v) is 12.3. The Hall–Kier alpha value is -3.27. The van der Waals surface area contributed by atoms with E-state index in [-0.39, 0.29) is 35.0 Å². The van der Waals surface area contributed by atoms with Crippen LogP contribution in [0.3, 0.4) is 0 Å². The van der Waals surface area contributed by atoms with E-state index in [1.54, 1.807) is 48.6 Å². The molecule has 0 bridgehead atoms. The highest BCUT2D eigenvalue weighted by molar-refractivity contribution is 8.00. The predicted octanol–water partition coefficient (Wildman–Crippen LogP) is 4.48. The van der Waals surface area contributed by atoms with Gasteiger partial charge >= 0.3 is 5.97 Å². The fourth-order valence-corrected chi connectivity index (χ4v) is 5.53. The van der Waals surface area contributed by atoms with Gasteiger partial charge in [-0.3, -0.25) is 14.5 Å². The summed E-state index contributed by atoms with van der Waals surface area (Å²) >= 11 is 13.7. The summed E-state index contributed by atoms with van der Waals surface area (Å²) in [6.45, 7) is 0.112. The van der Waals surface area contributed by atoms with Crippen LogP contribution in [0.15, 0.2) is 64.6 Å². The molecule has 11 heteroatoms. The Bertz CT molecular complexity index is 1500. The third-order valence-electron chi connectivity index (χ3n) is 5.60. The van der Waals surface area contributed by atoms with E-state index in [9.17, 15) is 19.5 Å². The number of nitrogens with one attached hydrogen (secondary N) is 1. The summed E-state index contributed by atoms with van der Waals surface area (Å²) in [7, 11) is 0. The zero-order valence-electron chi connectivity index (χ0n) is 18.0. The van der Waals surface area contributed by atoms with E-state index in [4.69, 9.17) is 27.9 Å². The van der Waals surface area contributed by atoms with Crippen molar-refractivity contribution in [3.63, 3.8) is 0 Å². The molecule has 2 N–H and O–H groups in total. The molecule has 2 aliphatic rings. The van der Waals surface area contributed by atoms with E-state index in [0.29, 0.717) is 50.0 Å². The van der Waals surface area contributed by atoms with Gasteiger partial charge in [-0.15, -0.1) is 11.8 Å². The highest BCUT2D eigenvalue weighted by Crippen LogP contribution is 2.40. The van der Waals surface area contributed by atoms with Crippen LogP contribution in [0.5, 0.6) is 5.75 Å². The molecule has 0 saturated carbocycles. The third-order valence-corrected chi connectivity index (χ3v) is 7.31. The second-order valence-electron chi connectivity index (χ2n) is 7.84. The number of β-lactam (4-membered cyclic amide) rings is 1. The lowest BCUT2D eigenvalue weighted by Crippen LogP contribution is -2.53. The van der Waals surface area contributed by atoms with Crippen molar-refractivity contribution in [2.45, 2.75) is 11.8 Å². The summed E-state index contributed by atoms with van der Waals surface area (Å²) in [4.78, 5) is 44.8. The molecule has 0 aliphatic carbocycles. The van der Waals surface area contributed by atoms with Crippen LogP contribution >= 0.6 is 35.0 Å². The highest BCUT2D eigenvalue weighted by Gasteiger charge is 2.44. The van der Waals surface area contributed by atoms with Gasteiger partial charge in [0.1, 0.15) is 23.9 Å². The van der Waals surface area contributed by atoms with Gasteiger partial charge in [-0.25, -0.2) is 9.78 Å². The number of hydrogen-bond donors (Lipinski definition) is 2. The molecule has 0 radical (unpaired) electrons. The lowest BCUT2D eigenvalue weighted by atomic mass is 10.1. The molecule has 8 nitrogen and oxygen atoms in total. The quantitative estimate of drug-likeness (QED) is 0.452. The Labute approximate surface area is 213 Å². The first-order chi connectivity index (χ1) is 16.8. The number of carboxylic acids is 1. The molecule has 1 saturated heterocycles. The lowest BCUT2D eigenvalue weighted by Gasteiger charge is -2.43. The minimum Gasteiger partial charge on any atom is -0.489 e. The molecule has 2 aromatic carbocycles. The normalized spacial score (nSPS) is 17.6. The third kappa shape index (κ3) is 4.54. The maximum Gasteiger partial charge on any atom is 0.352 e. The van der Waals surface area contributed by atoms with Gasteiger partial charge in [0, 0.05) is 15.8 Å². The molecule has 178 valence electrons. The van der Waals surface area contributed by atoms with Crippen molar-refractivity contribution in [3.8, 4) is 17.1 Å². The first kappa shape index (κ1) is 23.5. The van der Waals surface area contributed by atoms with Crippen LogP contribution in [0, 0.1) is 0 Å². The minimum atomic E-state index is -1.13. The molecule has 2 aliphatic heterocycles. The Morgan fingerprint density at radius 3 is 2.77 bits per heavy atom. The molecule has 35 heavy (non-hydrogen) atoms. The zero-order valence-corrected chi connectivity index (χ0v) is 20.3. The number of nitrogens with zero attached hydrogens (tertiary/aromatic N) is 2. The largest absolute Gasteiger partial charge is 0.489 e. The molecular weight excluding hydrogens is 513 g/mol. The number of aliphatic carboxylic acids is 1. The van der Waals surface area contributed by atoms with Crippen LogP contribution < -0.4 is 10.3 Å². The van der Waals surface area contributed by atoms with Gasteiger partial charge in [0.05, 0.1) is 28.3 Å². The van der Waals surface area contributed by atoms with Crippen LogP contribution in [0.1, 0.15) is 6.42 Å². The van der Waals surface area contributed by atoms with Gasteiger partial charge < -0.3 is 14.8 Å². The number of thioether (sulfide) groups is 1. The standard InChI is InChI=1S/C24H17Cl2N3O5S/c25-13-3-5-17-15(8-13)23(31)28-22(27-17)16-9-14(26)4-6-18(16)34-7-1-2-12-11-35-20-10-19(30)29(20)21(12)24(32)33/h1-6,8-9,20H,7,10-11H2,(H,32,33)(H,27,28,31)/b2-1+. The van der Waals surface area contributed by atoms with E-state index < -0.39 is 5.97 Å². The molecule has 1 unspecified atom stereocenters. The number of carbonyl (C=O) groups excluding carboxylic acids is 1. The number of aromatic amines is 1. The number of carboxylic acid groups (broad SMARTS) is 1. The Morgan fingerprint density at radius 1 is 1.23 bits per heavy atom. The molecule has 1 amide bonds. The van der Waals surface area contributed by atoms with E-state index in [2.05, 4.69) is 9.97 Å². The van der Waals surface area contributed by atoms with E-state index in [0.717, 1.165) is 0 Å². The Morgan fingerprint density at radius 2 is 2.00 bits per heavy atom. The van der Waals surface area contributed by atoms with Gasteiger partial charge in [-0.05, 0) is 48.0 Å². The molecule has 5 rings (SSSR count). The average molecular weight is 530 g/mol. The van der Waals surface area contributed by atoms with Gasteiger partial charge in [0.25, 0.3) is 5.56 Å². The lowest BCUT2D eigenvalue weighted by molar-refractivity contribution is -0.146. The van der Waals surface area contributed by atoms with Crippen molar-refractivity contribution in [1.82, 2.24) is 14.9 Å². The van der Waals surface area contributed by atoms with Crippen LogP contribution in [-0.2, 0) is 9.59 Å². The summed E-state index contributed by atoms with van der Waals surface area (Å²) < 4.78 is 5.90. The van der Waals surface area contributed by atoms with E-state index >= 15 is 0 Å². The fourth-order valence-electron chi connectivity index (χ4n) is 3.95. The predicted molar refractivity (Wildman–Crippen MR) is 135 cm³/mol. The topological polar surface area (TPSA) is 113 Å². The number of halogens is 2. The number of rotatable bonds is 6. The summed E-state index contributed by atoms with van der Waals surface area (Å²) in [5.74, 6) is -0.110. The van der Waals surface area contributed by atoms with E-state index in [1.807, 2.05) is 0 Å². The second kappa shape index (κ2) is 9.41. The average Bonchev–Trinajstić information content (AvgIpc) is 2.82. The van der Waals surface area contributed by atoms with Crippen LogP contribution in [0.25, 0.3) is 22.3 Å². The van der Waals surface area contributed by atoms with Gasteiger partial charge in [-0.2, -0.15) is 0 Å². The molecule has 0 spiro atoms. The number of amides is 1. The van der Waals surface area contributed by atoms with Crippen LogP contribution in [0.2, 0.25) is 10.0 Å². The Balaban J connectivity index is 1.40. The van der Waals surface area contributed by atoms with Gasteiger partial charge in [-0.1, -0.05) is 29.3 Å². The van der Waals surface area contributed by atoms with Crippen molar-refractivity contribution in [3.05, 3.63) is 80.2 Å². The number of ether oxygens (including phenoxy) is 1. The van der Waals surface area contributed by atoms with Crippen molar-refractivity contribution in [2.24, 2.45) is 0 Å². The number of H-pyrrole nitrogens is 1. The fraction of sp³-hybridized carbons (Fsp3) is 0.167. The summed E-state index contributed by atoms with van der Waals surface area (Å²) in [5, 5.41) is 10.7. The summed E-state index contributed by atoms with van der Waals surface area (Å²) in [6, 6.07) is 9.82. The first-order valence-electron chi connectivity index (χ1n) is 10.5. The van der Waals surface area contributed by atoms with Crippen molar-refractivity contribution in [2.75, 3.05) is 12.4 Å². The SMILES string of the molecule is O=C(O)C1=C(/C=C/COc2ccc(Cl)cc2-c2nc3ccc(Cl)cc3c(=O)[nH]2)CSC2CC(=O)N12. The van der Waals surface area contributed by atoms with Crippen molar-refractivity contribution in [1.29, 1.82) is 0 Å². The highest BCUT2D eigenvalue weighted by atomic mass is 35.5. The molecular formula is C24H17Cl2N3O5S. The molecule has 1 aromatic heterocycles. The second-order valence-corrected chi connectivity index (χ2v) is 9.88. The summed E-state index contributed by atoms with van der Waals surface area (Å²) in [6.07, 6.45) is 3.70. The maximum atomic E-state index is 12.6. The van der Waals surface area contributed by atoms with Gasteiger partial charge in [0.2, 0.25) is 5.91 Å².